The Morgan fingerprint density at radius 3 is 2.88 bits per heavy atom. The van der Waals surface area contributed by atoms with Gasteiger partial charge < -0.3 is 10.5 Å². The van der Waals surface area contributed by atoms with Crippen molar-refractivity contribution in [2.75, 3.05) is 6.61 Å². The zero-order chi connectivity index (χ0) is 12.6. The van der Waals surface area contributed by atoms with Crippen LogP contribution >= 0.6 is 27.5 Å². The van der Waals surface area contributed by atoms with Gasteiger partial charge in [0.1, 0.15) is 5.82 Å². The molecule has 0 amide bonds. The molecule has 5 heteroatoms. The van der Waals surface area contributed by atoms with E-state index in [1.807, 2.05) is 6.92 Å². The van der Waals surface area contributed by atoms with Crippen LogP contribution in [0.15, 0.2) is 16.6 Å². The summed E-state index contributed by atoms with van der Waals surface area (Å²) in [6.07, 6.45) is 0.918. The van der Waals surface area contributed by atoms with Crippen molar-refractivity contribution in [1.29, 1.82) is 0 Å². The van der Waals surface area contributed by atoms with E-state index in [4.69, 9.17) is 22.1 Å². The predicted molar refractivity (Wildman–Crippen MR) is 69.6 cm³/mol. The molecule has 1 aliphatic heterocycles. The third kappa shape index (κ3) is 2.65. The number of hydrogen-bond donors (Lipinski definition) is 1. The first-order valence-electron chi connectivity index (χ1n) is 5.52. The van der Waals surface area contributed by atoms with Crippen LogP contribution in [-0.4, -0.2) is 12.7 Å². The van der Waals surface area contributed by atoms with Crippen LogP contribution in [0.3, 0.4) is 0 Å². The van der Waals surface area contributed by atoms with E-state index < -0.39 is 0 Å². The van der Waals surface area contributed by atoms with E-state index in [9.17, 15) is 4.39 Å². The van der Waals surface area contributed by atoms with E-state index in [1.54, 1.807) is 6.07 Å². The van der Waals surface area contributed by atoms with Crippen molar-refractivity contribution in [3.05, 3.63) is 33.0 Å². The maximum absolute atomic E-state index is 13.9. The van der Waals surface area contributed by atoms with Crippen LogP contribution in [0.2, 0.25) is 5.02 Å². The number of ether oxygens (including phenoxy) is 1. The smallest absolute Gasteiger partial charge is 0.129 e. The highest BCUT2D eigenvalue weighted by atomic mass is 79.9. The molecule has 2 rings (SSSR count). The Hall–Kier alpha value is -0.160. The molecule has 2 nitrogen and oxygen atoms in total. The van der Waals surface area contributed by atoms with Crippen molar-refractivity contribution >= 4 is 27.5 Å². The first-order valence-corrected chi connectivity index (χ1v) is 6.69. The Morgan fingerprint density at radius 2 is 2.29 bits per heavy atom. The third-order valence-electron chi connectivity index (χ3n) is 3.29. The molecule has 1 aromatic rings. The zero-order valence-corrected chi connectivity index (χ0v) is 11.8. The minimum atomic E-state index is -0.377. The molecular formula is C12H14BrClFNO. The molecule has 0 radical (unpaired) electrons. The number of halogens is 3. The monoisotopic (exact) mass is 321 g/mol. The summed E-state index contributed by atoms with van der Waals surface area (Å²) in [4.78, 5) is 0. The van der Waals surface area contributed by atoms with Gasteiger partial charge in [0.15, 0.2) is 0 Å². The van der Waals surface area contributed by atoms with Gasteiger partial charge in [-0.3, -0.25) is 0 Å². The molecule has 1 aliphatic rings. The highest BCUT2D eigenvalue weighted by molar-refractivity contribution is 9.10. The largest absolute Gasteiger partial charge is 0.378 e. The molecule has 94 valence electrons. The summed E-state index contributed by atoms with van der Waals surface area (Å²) in [5.41, 5.74) is 6.58. The molecule has 3 unspecified atom stereocenters. The molecule has 0 aromatic heterocycles. The lowest BCUT2D eigenvalue weighted by molar-refractivity contribution is 0.0992. The van der Waals surface area contributed by atoms with Gasteiger partial charge >= 0.3 is 0 Å². The molecule has 0 saturated carbocycles. The Balaban J connectivity index is 2.30. The van der Waals surface area contributed by atoms with Gasteiger partial charge in [-0.1, -0.05) is 11.6 Å². The first-order chi connectivity index (χ1) is 8.00. The Labute approximate surface area is 113 Å². The van der Waals surface area contributed by atoms with Crippen molar-refractivity contribution in [2.24, 2.45) is 11.7 Å². The van der Waals surface area contributed by atoms with Crippen molar-refractivity contribution < 1.29 is 9.13 Å². The highest BCUT2D eigenvalue weighted by Gasteiger charge is 2.32. The zero-order valence-electron chi connectivity index (χ0n) is 9.42. The maximum Gasteiger partial charge on any atom is 0.129 e. The van der Waals surface area contributed by atoms with Crippen molar-refractivity contribution in [2.45, 2.75) is 25.5 Å². The first kappa shape index (κ1) is 13.3. The molecule has 0 bridgehead atoms. The standard InChI is InChI=1S/C12H14BrClFNO/c1-6-7(2-3-17-6)12(16)8-4-10(14)9(13)5-11(8)15/h4-7,12H,2-3,16H2,1H3. The minimum Gasteiger partial charge on any atom is -0.378 e. The highest BCUT2D eigenvalue weighted by Crippen LogP contribution is 2.35. The summed E-state index contributed by atoms with van der Waals surface area (Å²) in [6, 6.07) is 2.58. The van der Waals surface area contributed by atoms with Crippen LogP contribution in [0, 0.1) is 11.7 Å². The summed E-state index contributed by atoms with van der Waals surface area (Å²) in [5, 5.41) is 0.475. The Bertz CT molecular complexity index is 429. The van der Waals surface area contributed by atoms with Crippen molar-refractivity contribution in [3.8, 4) is 0 Å². The quantitative estimate of drug-likeness (QED) is 0.843. The van der Waals surface area contributed by atoms with Crippen molar-refractivity contribution in [3.63, 3.8) is 0 Å². The van der Waals surface area contributed by atoms with Crippen LogP contribution in [0.1, 0.15) is 24.9 Å². The van der Waals surface area contributed by atoms with Gasteiger partial charge in [0.25, 0.3) is 0 Å². The van der Waals surface area contributed by atoms with Crippen LogP contribution in [-0.2, 0) is 4.74 Å². The lowest BCUT2D eigenvalue weighted by Gasteiger charge is -2.23. The van der Waals surface area contributed by atoms with E-state index in [0.29, 0.717) is 21.7 Å². The fraction of sp³-hybridized carbons (Fsp3) is 0.500. The average molecular weight is 323 g/mol. The van der Waals surface area contributed by atoms with Gasteiger partial charge in [-0.05, 0) is 41.4 Å². The van der Waals surface area contributed by atoms with Crippen LogP contribution in [0.25, 0.3) is 0 Å². The molecule has 0 spiro atoms. The van der Waals surface area contributed by atoms with Crippen LogP contribution < -0.4 is 5.73 Å². The molecule has 1 heterocycles. The Kier molecular flexibility index (Phi) is 4.08. The molecule has 17 heavy (non-hydrogen) atoms. The molecule has 1 fully saturated rings. The van der Waals surface area contributed by atoms with Gasteiger partial charge in [-0.2, -0.15) is 0 Å². The predicted octanol–water partition coefficient (Wildman–Crippen LogP) is 3.67. The average Bonchev–Trinajstić information content (AvgIpc) is 2.69. The van der Waals surface area contributed by atoms with E-state index in [-0.39, 0.29) is 23.9 Å². The molecule has 1 saturated heterocycles. The summed E-state index contributed by atoms with van der Waals surface area (Å²) in [6.45, 7) is 2.65. The van der Waals surface area contributed by atoms with Gasteiger partial charge in [-0.15, -0.1) is 0 Å². The van der Waals surface area contributed by atoms with Crippen molar-refractivity contribution in [1.82, 2.24) is 0 Å². The fourth-order valence-electron chi connectivity index (χ4n) is 2.24. The summed E-state index contributed by atoms with van der Waals surface area (Å²) >= 11 is 9.16. The normalized spacial score (nSPS) is 26.2. The van der Waals surface area contributed by atoms with Gasteiger partial charge in [0.05, 0.1) is 11.1 Å². The van der Waals surface area contributed by atoms with E-state index in [0.717, 1.165) is 6.42 Å². The second-order valence-electron chi connectivity index (χ2n) is 4.34. The van der Waals surface area contributed by atoms with Gasteiger partial charge in [0.2, 0.25) is 0 Å². The SMILES string of the molecule is CC1OCCC1C(N)c1cc(Cl)c(Br)cc1F. The van der Waals surface area contributed by atoms with Gasteiger partial charge in [0, 0.05) is 28.6 Å². The van der Waals surface area contributed by atoms with Gasteiger partial charge in [-0.25, -0.2) is 4.39 Å². The number of hydrogen-bond acceptors (Lipinski definition) is 2. The molecule has 2 N–H and O–H groups in total. The molecule has 1 aromatic carbocycles. The third-order valence-corrected chi connectivity index (χ3v) is 4.49. The second-order valence-corrected chi connectivity index (χ2v) is 5.60. The summed E-state index contributed by atoms with van der Waals surface area (Å²) in [7, 11) is 0. The lowest BCUT2D eigenvalue weighted by atomic mass is 9.89. The lowest BCUT2D eigenvalue weighted by Crippen LogP contribution is -2.27. The topological polar surface area (TPSA) is 35.2 Å². The van der Waals surface area contributed by atoms with E-state index in [2.05, 4.69) is 15.9 Å². The molecule has 0 aliphatic carbocycles. The second kappa shape index (κ2) is 5.22. The van der Waals surface area contributed by atoms with Crippen LogP contribution in [0.4, 0.5) is 4.39 Å². The molecule has 3 atom stereocenters. The Morgan fingerprint density at radius 1 is 1.59 bits per heavy atom. The fourth-order valence-corrected chi connectivity index (χ4v) is 2.73. The maximum atomic E-state index is 13.9. The van der Waals surface area contributed by atoms with E-state index >= 15 is 0 Å². The summed E-state index contributed by atoms with van der Waals surface area (Å²) < 4.78 is 19.9. The summed E-state index contributed by atoms with van der Waals surface area (Å²) in [5.74, 6) is -0.186. The minimum absolute atomic E-state index is 0.0619. The number of nitrogens with two attached hydrogens (primary N) is 1. The number of benzene rings is 1. The number of rotatable bonds is 2. The van der Waals surface area contributed by atoms with E-state index in [1.165, 1.54) is 6.07 Å². The molecular weight excluding hydrogens is 308 g/mol. The van der Waals surface area contributed by atoms with Crippen LogP contribution in [0.5, 0.6) is 0 Å².